The molecule has 1 rings (SSSR count). The average Bonchev–Trinajstić information content (AvgIpc) is 2.25. The molecule has 0 aliphatic carbocycles. The van der Waals surface area contributed by atoms with E-state index in [2.05, 4.69) is 82.0 Å². The summed E-state index contributed by atoms with van der Waals surface area (Å²) in [6, 6.07) is 8.86. The molecule has 0 nitrogen and oxygen atoms in total. The maximum absolute atomic E-state index is 4.28. The highest BCUT2D eigenvalue weighted by molar-refractivity contribution is 8.28. The standard InChI is InChI=1S/C14H24S2Si/c1-14(2,3)17(4,5)16-11-13-8-6-12(10-15)7-9-13/h6-9,15H,10-11H2,1-5H3. The van der Waals surface area contributed by atoms with Crippen molar-refractivity contribution in [2.24, 2.45) is 0 Å². The highest BCUT2D eigenvalue weighted by Gasteiger charge is 2.35. The van der Waals surface area contributed by atoms with Gasteiger partial charge in [0.2, 0.25) is 0 Å². The van der Waals surface area contributed by atoms with Crippen LogP contribution in [0.1, 0.15) is 31.9 Å². The van der Waals surface area contributed by atoms with Crippen LogP contribution in [0.4, 0.5) is 0 Å². The van der Waals surface area contributed by atoms with E-state index in [1.165, 1.54) is 11.1 Å². The van der Waals surface area contributed by atoms with Gasteiger partial charge >= 0.3 is 0 Å². The third-order valence-electron chi connectivity index (χ3n) is 3.61. The molecule has 0 amide bonds. The second-order valence-electron chi connectivity index (χ2n) is 6.02. The van der Waals surface area contributed by atoms with Gasteiger partial charge in [0.1, 0.15) is 7.22 Å². The molecule has 0 bridgehead atoms. The van der Waals surface area contributed by atoms with Crippen LogP contribution in [-0.4, -0.2) is 7.22 Å². The number of hydrogen-bond donors (Lipinski definition) is 1. The Kier molecular flexibility index (Phi) is 5.23. The summed E-state index contributed by atoms with van der Waals surface area (Å²) in [4.78, 5) is 0. The van der Waals surface area contributed by atoms with E-state index in [1.807, 2.05) is 0 Å². The van der Waals surface area contributed by atoms with Gasteiger partial charge < -0.3 is 0 Å². The van der Waals surface area contributed by atoms with Crippen molar-refractivity contribution in [2.45, 2.75) is 50.4 Å². The zero-order valence-electron chi connectivity index (χ0n) is 11.6. The van der Waals surface area contributed by atoms with E-state index < -0.39 is 7.22 Å². The molecule has 0 radical (unpaired) electrons. The molecule has 0 N–H and O–H groups in total. The maximum Gasteiger partial charge on any atom is 0.117 e. The molecule has 0 atom stereocenters. The van der Waals surface area contributed by atoms with Crippen molar-refractivity contribution in [3.63, 3.8) is 0 Å². The van der Waals surface area contributed by atoms with Gasteiger partial charge in [0.15, 0.2) is 0 Å². The van der Waals surface area contributed by atoms with Crippen LogP contribution in [0, 0.1) is 0 Å². The summed E-state index contributed by atoms with van der Waals surface area (Å²) >= 11 is 6.45. The SMILES string of the molecule is CC(C)(C)[Si](C)(C)SCc1ccc(CS)cc1. The van der Waals surface area contributed by atoms with Crippen LogP contribution in [0.15, 0.2) is 24.3 Å². The Bertz CT molecular complexity index is 349. The summed E-state index contributed by atoms with van der Waals surface area (Å²) in [6.45, 7) is 12.1. The van der Waals surface area contributed by atoms with Crippen molar-refractivity contribution in [3.05, 3.63) is 35.4 Å². The van der Waals surface area contributed by atoms with Crippen molar-refractivity contribution in [2.75, 3.05) is 0 Å². The first-order chi connectivity index (χ1) is 7.76. The molecule has 0 spiro atoms. The summed E-state index contributed by atoms with van der Waals surface area (Å²) in [7, 11) is -1.21. The van der Waals surface area contributed by atoms with Crippen LogP contribution in [0.25, 0.3) is 0 Å². The summed E-state index contributed by atoms with van der Waals surface area (Å²) in [5, 5.41) is 0.461. The number of benzene rings is 1. The summed E-state index contributed by atoms with van der Waals surface area (Å²) in [6.07, 6.45) is 0. The zero-order chi connectivity index (χ0) is 13.1. The molecule has 1 aromatic rings. The number of thiol groups is 1. The lowest BCUT2D eigenvalue weighted by atomic mass is 10.2. The molecule has 0 aliphatic rings. The van der Waals surface area contributed by atoms with E-state index in [4.69, 9.17) is 0 Å². The highest BCUT2D eigenvalue weighted by atomic mass is 32.4. The molecule has 0 saturated carbocycles. The molecule has 1 aromatic carbocycles. The second kappa shape index (κ2) is 5.85. The predicted molar refractivity (Wildman–Crippen MR) is 87.6 cm³/mol. The molecular formula is C14H24S2Si. The van der Waals surface area contributed by atoms with Gasteiger partial charge in [-0.2, -0.15) is 23.8 Å². The lowest BCUT2D eigenvalue weighted by Gasteiger charge is -2.36. The molecule has 96 valence electrons. The van der Waals surface area contributed by atoms with Gasteiger partial charge in [0, 0.05) is 11.5 Å². The Morgan fingerprint density at radius 1 is 1.06 bits per heavy atom. The fourth-order valence-corrected chi connectivity index (χ4v) is 5.47. The van der Waals surface area contributed by atoms with Gasteiger partial charge in [0.05, 0.1) is 0 Å². The molecule has 0 heterocycles. The Morgan fingerprint density at radius 2 is 1.53 bits per heavy atom. The Labute approximate surface area is 117 Å². The molecule has 0 fully saturated rings. The number of hydrogen-bond acceptors (Lipinski definition) is 2. The molecule has 0 aromatic heterocycles. The lowest BCUT2D eigenvalue weighted by molar-refractivity contribution is 0.736. The fraction of sp³-hybridized carbons (Fsp3) is 0.571. The smallest absolute Gasteiger partial charge is 0.117 e. The van der Waals surface area contributed by atoms with Crippen LogP contribution < -0.4 is 0 Å². The highest BCUT2D eigenvalue weighted by Crippen LogP contribution is 2.44. The fourth-order valence-electron chi connectivity index (χ4n) is 1.22. The minimum Gasteiger partial charge on any atom is -0.180 e. The van der Waals surface area contributed by atoms with Crippen molar-refractivity contribution >= 4 is 31.1 Å². The maximum atomic E-state index is 4.28. The van der Waals surface area contributed by atoms with Crippen LogP contribution in [0.5, 0.6) is 0 Å². The average molecular weight is 285 g/mol. The van der Waals surface area contributed by atoms with Crippen LogP contribution in [0.3, 0.4) is 0 Å². The van der Waals surface area contributed by atoms with E-state index in [1.54, 1.807) is 0 Å². The van der Waals surface area contributed by atoms with Crippen LogP contribution >= 0.6 is 23.8 Å². The Hall–Kier alpha value is 0.137. The molecule has 0 aliphatic heterocycles. The van der Waals surface area contributed by atoms with Crippen molar-refractivity contribution in [1.29, 1.82) is 0 Å². The minimum absolute atomic E-state index is 0.461. The van der Waals surface area contributed by atoms with E-state index >= 15 is 0 Å². The number of rotatable bonds is 4. The van der Waals surface area contributed by atoms with E-state index in [0.717, 1.165) is 11.5 Å². The molecule has 0 saturated heterocycles. The van der Waals surface area contributed by atoms with E-state index in [9.17, 15) is 0 Å². The van der Waals surface area contributed by atoms with Gasteiger partial charge in [-0.15, -0.1) is 0 Å². The molecule has 17 heavy (non-hydrogen) atoms. The third-order valence-corrected chi connectivity index (χ3v) is 13.2. The van der Waals surface area contributed by atoms with Gasteiger partial charge in [-0.3, -0.25) is 0 Å². The van der Waals surface area contributed by atoms with Gasteiger partial charge in [-0.25, -0.2) is 0 Å². The third kappa shape index (κ3) is 4.38. The van der Waals surface area contributed by atoms with Gasteiger partial charge in [-0.05, 0) is 16.2 Å². The molecular weight excluding hydrogens is 260 g/mol. The molecule has 3 heteroatoms. The largest absolute Gasteiger partial charge is 0.180 e. The normalized spacial score (nSPS) is 12.8. The van der Waals surface area contributed by atoms with Crippen LogP contribution in [-0.2, 0) is 11.5 Å². The minimum atomic E-state index is -1.21. The van der Waals surface area contributed by atoms with Crippen molar-refractivity contribution in [1.82, 2.24) is 0 Å². The predicted octanol–water partition coefficient (Wildman–Crippen LogP) is 5.35. The van der Waals surface area contributed by atoms with Gasteiger partial charge in [-0.1, -0.05) is 58.1 Å². The van der Waals surface area contributed by atoms with E-state index in [-0.39, 0.29) is 0 Å². The van der Waals surface area contributed by atoms with Crippen LogP contribution in [0.2, 0.25) is 18.1 Å². The lowest BCUT2D eigenvalue weighted by Crippen LogP contribution is -2.33. The quantitative estimate of drug-likeness (QED) is 0.574. The summed E-state index contributed by atoms with van der Waals surface area (Å²) < 4.78 is 0. The summed E-state index contributed by atoms with van der Waals surface area (Å²) in [5.41, 5.74) is 2.74. The van der Waals surface area contributed by atoms with Crippen molar-refractivity contribution in [3.8, 4) is 0 Å². The van der Waals surface area contributed by atoms with E-state index in [0.29, 0.717) is 5.04 Å². The van der Waals surface area contributed by atoms with Gasteiger partial charge in [0.25, 0.3) is 0 Å². The van der Waals surface area contributed by atoms with Crippen molar-refractivity contribution < 1.29 is 0 Å². The summed E-state index contributed by atoms with van der Waals surface area (Å²) in [5.74, 6) is 1.97. The first kappa shape index (κ1) is 15.2. The second-order valence-corrected chi connectivity index (χ2v) is 15.4. The zero-order valence-corrected chi connectivity index (χ0v) is 14.3. The topological polar surface area (TPSA) is 0 Å². The molecule has 0 unspecified atom stereocenters. The monoisotopic (exact) mass is 284 g/mol. The first-order valence-electron chi connectivity index (χ1n) is 6.09. The first-order valence-corrected chi connectivity index (χ1v) is 11.4. The Balaban J connectivity index is 2.61. The Morgan fingerprint density at radius 3 is 1.94 bits per heavy atom.